The van der Waals surface area contributed by atoms with Crippen molar-refractivity contribution in [2.75, 3.05) is 49.5 Å². The lowest BCUT2D eigenvalue weighted by molar-refractivity contribution is 0.208. The van der Waals surface area contributed by atoms with Crippen LogP contribution >= 0.6 is 11.3 Å². The van der Waals surface area contributed by atoms with Gasteiger partial charge in [0.2, 0.25) is 0 Å². The Morgan fingerprint density at radius 2 is 1.84 bits per heavy atom. The number of amides is 2. The van der Waals surface area contributed by atoms with Crippen LogP contribution in [0.3, 0.4) is 0 Å². The van der Waals surface area contributed by atoms with Crippen molar-refractivity contribution in [3.63, 3.8) is 0 Å². The molecule has 4 heterocycles. The SMILES string of the molecule is CCN1CCc2c(sc3nc(Cc4ccccc4)nc(N4CCN(C(=O)Nc5cccc(F)c5)CC4)c23)C1. The molecule has 38 heavy (non-hydrogen) atoms. The Hall–Kier alpha value is -3.56. The first-order chi connectivity index (χ1) is 18.6. The lowest BCUT2D eigenvalue weighted by Gasteiger charge is -2.36. The number of fused-ring (bicyclic) bond motifs is 3. The van der Waals surface area contributed by atoms with Crippen molar-refractivity contribution in [1.29, 1.82) is 0 Å². The summed E-state index contributed by atoms with van der Waals surface area (Å²) in [7, 11) is 0. The van der Waals surface area contributed by atoms with Crippen molar-refractivity contribution < 1.29 is 9.18 Å². The Bertz CT molecular complexity index is 1450. The largest absolute Gasteiger partial charge is 0.352 e. The highest BCUT2D eigenvalue weighted by molar-refractivity contribution is 7.19. The first-order valence-electron chi connectivity index (χ1n) is 13.2. The van der Waals surface area contributed by atoms with Crippen molar-refractivity contribution in [1.82, 2.24) is 19.8 Å². The van der Waals surface area contributed by atoms with Crippen LogP contribution < -0.4 is 10.2 Å². The fourth-order valence-corrected chi connectivity index (χ4v) is 6.59. The monoisotopic (exact) mass is 530 g/mol. The van der Waals surface area contributed by atoms with Gasteiger partial charge in [-0.15, -0.1) is 11.3 Å². The van der Waals surface area contributed by atoms with E-state index in [0.29, 0.717) is 38.3 Å². The van der Waals surface area contributed by atoms with E-state index < -0.39 is 0 Å². The standard InChI is InChI=1S/C29H31FN6OS/c1-2-34-12-11-23-24(19-34)38-28-26(23)27(32-25(33-28)17-20-7-4-3-5-8-20)35-13-15-36(16-14-35)29(37)31-22-10-6-9-21(30)18-22/h3-10,18H,2,11-17,19H2,1H3,(H,31,37). The van der Waals surface area contributed by atoms with Gasteiger partial charge in [0, 0.05) is 56.3 Å². The first-order valence-corrected chi connectivity index (χ1v) is 14.0. The number of hydrogen-bond donors (Lipinski definition) is 1. The van der Waals surface area contributed by atoms with Gasteiger partial charge in [-0.2, -0.15) is 0 Å². The number of nitrogens with one attached hydrogen (secondary N) is 1. The molecule has 0 spiro atoms. The maximum Gasteiger partial charge on any atom is 0.321 e. The molecule has 0 atom stereocenters. The van der Waals surface area contributed by atoms with Gasteiger partial charge < -0.3 is 15.1 Å². The van der Waals surface area contributed by atoms with Crippen LogP contribution in [0.25, 0.3) is 10.2 Å². The Morgan fingerprint density at radius 3 is 2.61 bits per heavy atom. The number of carbonyl (C=O) groups excluding carboxylic acids is 1. The molecule has 0 bridgehead atoms. The molecule has 6 rings (SSSR count). The number of hydrogen-bond acceptors (Lipinski definition) is 6. The van der Waals surface area contributed by atoms with E-state index in [4.69, 9.17) is 9.97 Å². The van der Waals surface area contributed by atoms with E-state index in [9.17, 15) is 9.18 Å². The zero-order valence-corrected chi connectivity index (χ0v) is 22.3. The minimum Gasteiger partial charge on any atom is -0.352 e. The van der Waals surface area contributed by atoms with Gasteiger partial charge in [-0.05, 0) is 42.3 Å². The van der Waals surface area contributed by atoms with E-state index in [2.05, 4.69) is 34.2 Å². The number of benzene rings is 2. The first kappa shape index (κ1) is 24.8. The average molecular weight is 531 g/mol. The molecule has 1 saturated heterocycles. The number of thiophene rings is 1. The van der Waals surface area contributed by atoms with Gasteiger partial charge in [0.25, 0.3) is 0 Å². The van der Waals surface area contributed by atoms with Gasteiger partial charge in [0.1, 0.15) is 22.3 Å². The number of urea groups is 1. The fraction of sp³-hybridized carbons (Fsp3) is 0.345. The van der Waals surface area contributed by atoms with Crippen LogP contribution in [0.2, 0.25) is 0 Å². The van der Waals surface area contributed by atoms with Crippen LogP contribution in [-0.2, 0) is 19.4 Å². The molecule has 0 saturated carbocycles. The smallest absolute Gasteiger partial charge is 0.321 e. The summed E-state index contributed by atoms with van der Waals surface area (Å²) in [6, 6.07) is 16.1. The zero-order chi connectivity index (χ0) is 26.1. The second kappa shape index (κ2) is 10.7. The summed E-state index contributed by atoms with van der Waals surface area (Å²) in [6.07, 6.45) is 1.69. The molecule has 0 unspecified atom stereocenters. The summed E-state index contributed by atoms with van der Waals surface area (Å²) >= 11 is 1.80. The molecule has 2 aromatic heterocycles. The van der Waals surface area contributed by atoms with Crippen molar-refractivity contribution in [3.8, 4) is 0 Å². The lowest BCUT2D eigenvalue weighted by atomic mass is 10.0. The second-order valence-corrected chi connectivity index (χ2v) is 10.9. The van der Waals surface area contributed by atoms with E-state index in [1.165, 1.54) is 33.5 Å². The van der Waals surface area contributed by atoms with E-state index in [1.54, 1.807) is 28.4 Å². The molecule has 2 amide bonds. The number of nitrogens with zero attached hydrogens (tertiary/aromatic N) is 5. The van der Waals surface area contributed by atoms with Crippen molar-refractivity contribution in [2.24, 2.45) is 0 Å². The molecule has 0 radical (unpaired) electrons. The Morgan fingerprint density at radius 1 is 1.03 bits per heavy atom. The maximum atomic E-state index is 13.5. The number of aromatic nitrogens is 2. The van der Waals surface area contributed by atoms with Gasteiger partial charge in [0.15, 0.2) is 0 Å². The summed E-state index contributed by atoms with van der Waals surface area (Å²) < 4.78 is 13.5. The third-order valence-electron chi connectivity index (χ3n) is 7.40. The minimum atomic E-state index is -0.368. The third kappa shape index (κ3) is 5.08. The topological polar surface area (TPSA) is 64.6 Å². The molecule has 9 heteroatoms. The Balaban J connectivity index is 1.27. The summed E-state index contributed by atoms with van der Waals surface area (Å²) in [4.78, 5) is 32.0. The fourth-order valence-electron chi connectivity index (χ4n) is 5.32. The molecule has 1 N–H and O–H groups in total. The van der Waals surface area contributed by atoms with Crippen LogP contribution in [0.5, 0.6) is 0 Å². The van der Waals surface area contributed by atoms with Gasteiger partial charge in [0.05, 0.1) is 5.39 Å². The molecule has 0 aliphatic carbocycles. The van der Waals surface area contributed by atoms with E-state index >= 15 is 0 Å². The summed E-state index contributed by atoms with van der Waals surface area (Å²) in [5.74, 6) is 1.46. The Labute approximate surface area is 225 Å². The van der Waals surface area contributed by atoms with Crippen LogP contribution in [-0.4, -0.2) is 65.1 Å². The molecule has 7 nitrogen and oxygen atoms in total. The number of anilines is 2. The minimum absolute atomic E-state index is 0.208. The quantitative estimate of drug-likeness (QED) is 0.387. The molecule has 2 aliphatic rings. The number of halogens is 1. The number of rotatable bonds is 5. The van der Waals surface area contributed by atoms with Crippen molar-refractivity contribution >= 4 is 39.1 Å². The molecule has 1 fully saturated rings. The van der Waals surface area contributed by atoms with E-state index in [1.807, 2.05) is 18.2 Å². The average Bonchev–Trinajstić information content (AvgIpc) is 3.30. The molecular formula is C29H31FN6OS. The highest BCUT2D eigenvalue weighted by Gasteiger charge is 2.28. The molecule has 2 aromatic carbocycles. The second-order valence-electron chi connectivity index (χ2n) is 9.84. The van der Waals surface area contributed by atoms with Crippen LogP contribution in [0.15, 0.2) is 54.6 Å². The zero-order valence-electron chi connectivity index (χ0n) is 21.5. The Kier molecular flexibility index (Phi) is 6.95. The van der Waals surface area contributed by atoms with Crippen LogP contribution in [0, 0.1) is 5.82 Å². The van der Waals surface area contributed by atoms with E-state index in [-0.39, 0.29) is 11.8 Å². The number of carbonyl (C=O) groups is 1. The van der Waals surface area contributed by atoms with Gasteiger partial charge in [-0.25, -0.2) is 19.2 Å². The van der Waals surface area contributed by atoms with Crippen molar-refractivity contribution in [3.05, 3.63) is 82.2 Å². The van der Waals surface area contributed by atoms with Crippen molar-refractivity contribution in [2.45, 2.75) is 26.3 Å². The van der Waals surface area contributed by atoms with Gasteiger partial charge in [-0.3, -0.25) is 4.90 Å². The van der Waals surface area contributed by atoms with Crippen LogP contribution in [0.1, 0.15) is 28.8 Å². The van der Waals surface area contributed by atoms with Crippen LogP contribution in [0.4, 0.5) is 20.7 Å². The van der Waals surface area contributed by atoms with Gasteiger partial charge in [-0.1, -0.05) is 43.3 Å². The lowest BCUT2D eigenvalue weighted by Crippen LogP contribution is -2.50. The molecular weight excluding hydrogens is 499 g/mol. The highest BCUT2D eigenvalue weighted by Crippen LogP contribution is 2.39. The number of piperazine rings is 1. The molecule has 4 aromatic rings. The molecule has 196 valence electrons. The summed E-state index contributed by atoms with van der Waals surface area (Å²) in [5, 5.41) is 4.01. The maximum absolute atomic E-state index is 13.5. The normalized spacial score (nSPS) is 16.1. The summed E-state index contributed by atoms with van der Waals surface area (Å²) in [5.41, 5.74) is 3.05. The van der Waals surface area contributed by atoms with E-state index in [0.717, 1.165) is 42.5 Å². The van der Waals surface area contributed by atoms with Gasteiger partial charge >= 0.3 is 6.03 Å². The third-order valence-corrected chi connectivity index (χ3v) is 8.51. The predicted molar refractivity (Wildman–Crippen MR) is 151 cm³/mol. The highest BCUT2D eigenvalue weighted by atomic mass is 32.1. The number of likely N-dealkylation sites (N-methyl/N-ethyl adjacent to an activating group) is 1. The molecule has 2 aliphatic heterocycles. The summed E-state index contributed by atoms with van der Waals surface area (Å²) in [6.45, 7) is 7.77. The predicted octanol–water partition coefficient (Wildman–Crippen LogP) is 5.15.